The second-order valence-electron chi connectivity index (χ2n) is 7.96. The number of nitrogens with zero attached hydrogens (tertiary/aromatic N) is 3. The summed E-state index contributed by atoms with van der Waals surface area (Å²) >= 11 is 0. The Morgan fingerprint density at radius 1 is 1.27 bits per heavy atom. The summed E-state index contributed by atoms with van der Waals surface area (Å²) < 4.78 is 5.39. The van der Waals surface area contributed by atoms with Crippen LogP contribution >= 0.6 is 0 Å². The molecule has 0 saturated heterocycles. The van der Waals surface area contributed by atoms with Gasteiger partial charge in [0.25, 0.3) is 0 Å². The van der Waals surface area contributed by atoms with Crippen LogP contribution in [0.5, 0.6) is 5.75 Å². The molecule has 1 fully saturated rings. The average Bonchev–Trinajstić information content (AvgIpc) is 3.26. The molecule has 7 nitrogen and oxygen atoms in total. The van der Waals surface area contributed by atoms with Crippen LogP contribution in [0.4, 0.5) is 23.0 Å². The zero-order chi connectivity index (χ0) is 21.4. The number of rotatable bonds is 5. The molecular formula is C23H28N4O3. The lowest BCUT2D eigenvalue weighted by atomic mass is 10.0. The van der Waals surface area contributed by atoms with Crippen LogP contribution in [-0.2, 0) is 0 Å². The molecular weight excluding hydrogens is 380 g/mol. The van der Waals surface area contributed by atoms with Crippen LogP contribution in [0, 0.1) is 0 Å². The summed E-state index contributed by atoms with van der Waals surface area (Å²) in [6.45, 7) is 6.50. The number of nitrogens with one attached hydrogen (secondary N) is 1. The number of carboxylic acids is 1. The van der Waals surface area contributed by atoms with Gasteiger partial charge in [0.1, 0.15) is 11.6 Å². The van der Waals surface area contributed by atoms with E-state index < -0.39 is 5.97 Å². The highest BCUT2D eigenvalue weighted by molar-refractivity contribution is 5.89. The van der Waals surface area contributed by atoms with Gasteiger partial charge in [-0.2, -0.15) is 0 Å². The van der Waals surface area contributed by atoms with Crippen molar-refractivity contribution in [2.75, 3.05) is 29.3 Å². The van der Waals surface area contributed by atoms with E-state index in [1.165, 1.54) is 38.9 Å². The van der Waals surface area contributed by atoms with Crippen LogP contribution in [0.15, 0.2) is 42.6 Å². The van der Waals surface area contributed by atoms with Crippen molar-refractivity contribution in [2.24, 2.45) is 0 Å². The average molecular weight is 409 g/mol. The van der Waals surface area contributed by atoms with Crippen LogP contribution in [0.2, 0.25) is 0 Å². The highest BCUT2D eigenvalue weighted by Gasteiger charge is 2.36. The number of likely N-dealkylation sites (N-methyl/N-ethyl adjacent to an activating group) is 1. The molecule has 158 valence electrons. The first-order chi connectivity index (χ1) is 14.4. The van der Waals surface area contributed by atoms with Crippen molar-refractivity contribution in [3.63, 3.8) is 0 Å². The molecule has 1 atom stereocenters. The molecule has 2 N–H and O–H groups in total. The number of hydrogen-bond acceptors (Lipinski definition) is 6. The fourth-order valence-electron chi connectivity index (χ4n) is 4.48. The van der Waals surface area contributed by atoms with Crippen LogP contribution in [0.25, 0.3) is 0 Å². The molecule has 1 aromatic heterocycles. The molecule has 2 aliphatic rings. The lowest BCUT2D eigenvalue weighted by molar-refractivity contribution is 0.0696. The van der Waals surface area contributed by atoms with Gasteiger partial charge >= 0.3 is 5.97 Å². The van der Waals surface area contributed by atoms with E-state index in [9.17, 15) is 9.90 Å². The van der Waals surface area contributed by atoms with Gasteiger partial charge in [-0.05, 0) is 50.1 Å². The van der Waals surface area contributed by atoms with Crippen molar-refractivity contribution in [2.45, 2.75) is 44.7 Å². The van der Waals surface area contributed by atoms with Crippen molar-refractivity contribution in [3.05, 3.63) is 48.2 Å². The number of carbonyl (C=O) groups is 1. The van der Waals surface area contributed by atoms with E-state index in [2.05, 4.69) is 34.7 Å². The van der Waals surface area contributed by atoms with E-state index in [4.69, 9.17) is 9.72 Å². The Morgan fingerprint density at radius 3 is 2.67 bits per heavy atom. The Labute approximate surface area is 177 Å². The largest absolute Gasteiger partial charge is 0.495 e. The fourth-order valence-corrected chi connectivity index (χ4v) is 4.48. The number of hydrogen-bond donors (Lipinski definition) is 2. The monoisotopic (exact) mass is 408 g/mol. The summed E-state index contributed by atoms with van der Waals surface area (Å²) in [5, 5.41) is 12.5. The number of aromatic nitrogens is 1. The maximum absolute atomic E-state index is 11.2. The Hall–Kier alpha value is -3.22. The Bertz CT molecular complexity index is 984. The minimum absolute atomic E-state index is 0.178. The van der Waals surface area contributed by atoms with Gasteiger partial charge in [0, 0.05) is 18.8 Å². The minimum atomic E-state index is -0.990. The van der Waals surface area contributed by atoms with Gasteiger partial charge in [-0.25, -0.2) is 9.78 Å². The Kier molecular flexibility index (Phi) is 5.28. The highest BCUT2D eigenvalue weighted by Crippen LogP contribution is 2.42. The molecule has 0 unspecified atom stereocenters. The smallest absolute Gasteiger partial charge is 0.335 e. The lowest BCUT2D eigenvalue weighted by Crippen LogP contribution is -2.49. The number of benzene rings is 1. The number of ether oxygens (including phenoxy) is 1. The summed E-state index contributed by atoms with van der Waals surface area (Å²) in [6, 6.07) is 9.39. The van der Waals surface area contributed by atoms with Crippen molar-refractivity contribution < 1.29 is 14.6 Å². The van der Waals surface area contributed by atoms with Gasteiger partial charge in [0.05, 0.1) is 30.1 Å². The summed E-state index contributed by atoms with van der Waals surface area (Å²) in [7, 11) is 3.56. The van der Waals surface area contributed by atoms with Gasteiger partial charge < -0.3 is 25.0 Å². The second-order valence-corrected chi connectivity index (χ2v) is 7.96. The highest BCUT2D eigenvalue weighted by atomic mass is 16.5. The molecule has 2 aromatic rings. The molecule has 1 aromatic carbocycles. The zero-order valence-corrected chi connectivity index (χ0v) is 17.7. The van der Waals surface area contributed by atoms with E-state index in [0.29, 0.717) is 23.3 Å². The number of methoxy groups -OCH3 is 1. The lowest BCUT2D eigenvalue weighted by Gasteiger charge is -2.45. The molecule has 1 saturated carbocycles. The van der Waals surface area contributed by atoms with Crippen LogP contribution in [-0.4, -0.2) is 42.3 Å². The first-order valence-electron chi connectivity index (χ1n) is 10.3. The fraction of sp³-hybridized carbons (Fsp3) is 0.391. The normalized spacial score (nSPS) is 19.0. The SMILES string of the molecule is C=C1[C@@H](C)N(C2CCCC2)c2nc(Nc3ccc(C(=O)O)cc3OC)ccc2N1C. The summed E-state index contributed by atoms with van der Waals surface area (Å²) in [6.07, 6.45) is 4.84. The van der Waals surface area contributed by atoms with Gasteiger partial charge in [-0.3, -0.25) is 0 Å². The van der Waals surface area contributed by atoms with Crippen molar-refractivity contribution in [3.8, 4) is 5.75 Å². The van der Waals surface area contributed by atoms with Crippen molar-refractivity contribution in [1.29, 1.82) is 0 Å². The molecule has 2 heterocycles. The van der Waals surface area contributed by atoms with E-state index in [-0.39, 0.29) is 11.6 Å². The van der Waals surface area contributed by atoms with Gasteiger partial charge in [-0.15, -0.1) is 0 Å². The third kappa shape index (κ3) is 3.44. The van der Waals surface area contributed by atoms with Gasteiger partial charge in [0.15, 0.2) is 5.82 Å². The Balaban J connectivity index is 1.71. The van der Waals surface area contributed by atoms with Crippen LogP contribution < -0.4 is 19.9 Å². The predicted molar refractivity (Wildman–Crippen MR) is 119 cm³/mol. The second kappa shape index (κ2) is 7.89. The zero-order valence-electron chi connectivity index (χ0n) is 17.7. The third-order valence-corrected chi connectivity index (χ3v) is 6.22. The number of anilines is 4. The molecule has 1 aliphatic carbocycles. The van der Waals surface area contributed by atoms with Crippen molar-refractivity contribution in [1.82, 2.24) is 4.98 Å². The summed E-state index contributed by atoms with van der Waals surface area (Å²) in [5.74, 6) is 1.11. The van der Waals surface area contributed by atoms with Gasteiger partial charge in [-0.1, -0.05) is 19.4 Å². The molecule has 30 heavy (non-hydrogen) atoms. The van der Waals surface area contributed by atoms with E-state index in [1.54, 1.807) is 12.1 Å². The standard InChI is InChI=1S/C23H28N4O3/c1-14-15(2)27(17-7-5-6-8-17)22-19(26(14)3)11-12-21(25-22)24-18-10-9-16(23(28)29)13-20(18)30-4/h9-13,15,17H,1,5-8H2,2-4H3,(H,24,25)(H,28,29)/t15-/m1/s1. The van der Waals surface area contributed by atoms with Crippen LogP contribution in [0.1, 0.15) is 43.0 Å². The number of aromatic carboxylic acids is 1. The first kappa shape index (κ1) is 20.1. The molecule has 0 spiro atoms. The van der Waals surface area contributed by atoms with E-state index >= 15 is 0 Å². The maximum atomic E-state index is 11.2. The van der Waals surface area contributed by atoms with Gasteiger partial charge in [0.2, 0.25) is 0 Å². The molecule has 1 aliphatic heterocycles. The van der Waals surface area contributed by atoms with E-state index in [1.807, 2.05) is 13.1 Å². The predicted octanol–water partition coefficient (Wildman–Crippen LogP) is 4.63. The third-order valence-electron chi connectivity index (χ3n) is 6.22. The maximum Gasteiger partial charge on any atom is 0.335 e. The molecule has 0 radical (unpaired) electrons. The molecule has 4 rings (SSSR count). The topological polar surface area (TPSA) is 77.9 Å². The molecule has 0 amide bonds. The quantitative estimate of drug-likeness (QED) is 0.747. The summed E-state index contributed by atoms with van der Waals surface area (Å²) in [5.41, 5.74) is 2.97. The molecule has 0 bridgehead atoms. The number of fused-ring (bicyclic) bond motifs is 1. The van der Waals surface area contributed by atoms with E-state index in [0.717, 1.165) is 17.2 Å². The number of pyridine rings is 1. The minimum Gasteiger partial charge on any atom is -0.495 e. The van der Waals surface area contributed by atoms with Crippen molar-refractivity contribution >= 4 is 29.0 Å². The molecule has 7 heteroatoms. The Morgan fingerprint density at radius 2 is 2.00 bits per heavy atom. The first-order valence-corrected chi connectivity index (χ1v) is 10.3. The summed E-state index contributed by atoms with van der Waals surface area (Å²) in [4.78, 5) is 20.7. The number of carboxylic acid groups (broad SMARTS) is 1. The van der Waals surface area contributed by atoms with Crippen LogP contribution in [0.3, 0.4) is 0 Å².